The first-order chi connectivity index (χ1) is 15.4. The highest BCUT2D eigenvalue weighted by atomic mass is 16.3. The summed E-state index contributed by atoms with van der Waals surface area (Å²) >= 11 is 0. The van der Waals surface area contributed by atoms with E-state index in [9.17, 15) is 9.59 Å². The normalized spacial score (nSPS) is 19.4. The van der Waals surface area contributed by atoms with Gasteiger partial charge in [0.05, 0.1) is 24.5 Å². The molecule has 1 spiro atoms. The van der Waals surface area contributed by atoms with Crippen molar-refractivity contribution in [3.8, 4) is 5.82 Å². The summed E-state index contributed by atoms with van der Waals surface area (Å²) in [5.41, 5.74) is 1.38. The number of fused-ring (bicyclic) bond motifs is 4. The van der Waals surface area contributed by atoms with Crippen LogP contribution in [0, 0.1) is 6.92 Å². The Morgan fingerprint density at radius 2 is 2.06 bits per heavy atom. The quantitative estimate of drug-likeness (QED) is 0.684. The van der Waals surface area contributed by atoms with E-state index in [1.807, 2.05) is 50.1 Å². The van der Waals surface area contributed by atoms with Gasteiger partial charge < -0.3 is 24.1 Å². The number of likely N-dealkylation sites (tertiary alicyclic amines) is 1. The Morgan fingerprint density at radius 1 is 1.22 bits per heavy atom. The Kier molecular flexibility index (Phi) is 4.80. The Bertz CT molecular complexity index is 1180. The molecule has 0 radical (unpaired) electrons. The zero-order valence-electron chi connectivity index (χ0n) is 18.5. The summed E-state index contributed by atoms with van der Waals surface area (Å²) in [5.74, 6) is 1.66. The average molecular weight is 434 g/mol. The number of carbonyl (C=O) groups excluding carboxylic acids is 2. The van der Waals surface area contributed by atoms with Crippen LogP contribution in [0.5, 0.6) is 0 Å². The number of amides is 2. The standard InChI is InChI=1S/C24H27N5O3/c1-16(2)26-21(30)14-29-18-6-4-11-25-22(18)28-12-5-7-20(28)24(29)10-13-27(15-24)23(31)19-9-8-17(3)32-19/h4-9,11-12,16H,10,13-15H2,1-3H3,(H,26,30)/t24-/m1/s1. The molecule has 3 aromatic rings. The molecule has 1 fully saturated rings. The van der Waals surface area contributed by atoms with E-state index in [0.29, 0.717) is 31.0 Å². The van der Waals surface area contributed by atoms with E-state index in [1.54, 1.807) is 18.3 Å². The van der Waals surface area contributed by atoms with Crippen LogP contribution >= 0.6 is 0 Å². The Hall–Kier alpha value is -3.55. The minimum atomic E-state index is -0.537. The Morgan fingerprint density at radius 3 is 2.81 bits per heavy atom. The lowest BCUT2D eigenvalue weighted by molar-refractivity contribution is -0.120. The molecule has 0 saturated carbocycles. The molecule has 0 aromatic carbocycles. The van der Waals surface area contributed by atoms with Crippen molar-refractivity contribution in [3.05, 3.63) is 66.0 Å². The molecular weight excluding hydrogens is 406 g/mol. The van der Waals surface area contributed by atoms with Crippen molar-refractivity contribution in [2.45, 2.75) is 38.8 Å². The van der Waals surface area contributed by atoms with Gasteiger partial charge >= 0.3 is 0 Å². The van der Waals surface area contributed by atoms with Gasteiger partial charge in [0.1, 0.15) is 11.3 Å². The average Bonchev–Trinajstić information content (AvgIpc) is 3.50. The lowest BCUT2D eigenvalue weighted by Crippen LogP contribution is -2.56. The molecule has 1 saturated heterocycles. The summed E-state index contributed by atoms with van der Waals surface area (Å²) in [7, 11) is 0. The number of aryl methyl sites for hydroxylation is 1. The first-order valence-corrected chi connectivity index (χ1v) is 10.9. The molecular formula is C24H27N5O3. The molecule has 3 aromatic heterocycles. The molecule has 8 nitrogen and oxygen atoms in total. The molecule has 8 heteroatoms. The number of aromatic nitrogens is 2. The second kappa shape index (κ2) is 7.55. The molecule has 1 atom stereocenters. The first-order valence-electron chi connectivity index (χ1n) is 10.9. The molecule has 1 N–H and O–H groups in total. The van der Waals surface area contributed by atoms with E-state index in [4.69, 9.17) is 4.42 Å². The number of anilines is 1. The van der Waals surface area contributed by atoms with Crippen LogP contribution in [0.15, 0.2) is 53.2 Å². The molecule has 5 rings (SSSR count). The van der Waals surface area contributed by atoms with Crippen LogP contribution in [-0.4, -0.2) is 51.9 Å². The number of rotatable bonds is 4. The number of hydrogen-bond donors (Lipinski definition) is 1. The zero-order valence-corrected chi connectivity index (χ0v) is 18.5. The molecule has 2 amide bonds. The zero-order chi connectivity index (χ0) is 22.5. The van der Waals surface area contributed by atoms with Gasteiger partial charge in [0.25, 0.3) is 5.91 Å². The van der Waals surface area contributed by atoms with Crippen molar-refractivity contribution in [1.82, 2.24) is 19.8 Å². The SMILES string of the molecule is Cc1ccc(C(=O)N2CC[C@@]3(C2)c2cccn2-c2ncccc2N3CC(=O)NC(C)C)o1. The van der Waals surface area contributed by atoms with Crippen LogP contribution in [0.1, 0.15) is 42.3 Å². The lowest BCUT2D eigenvalue weighted by Gasteiger charge is -2.46. The fourth-order valence-electron chi connectivity index (χ4n) is 4.95. The van der Waals surface area contributed by atoms with Gasteiger partial charge in [-0.2, -0.15) is 0 Å². The van der Waals surface area contributed by atoms with E-state index < -0.39 is 5.54 Å². The van der Waals surface area contributed by atoms with E-state index >= 15 is 0 Å². The van der Waals surface area contributed by atoms with Crippen LogP contribution in [0.2, 0.25) is 0 Å². The van der Waals surface area contributed by atoms with Gasteiger partial charge in [0.2, 0.25) is 5.91 Å². The number of carbonyl (C=O) groups is 2. The molecule has 32 heavy (non-hydrogen) atoms. The van der Waals surface area contributed by atoms with Crippen LogP contribution in [0.25, 0.3) is 5.82 Å². The minimum Gasteiger partial charge on any atom is -0.456 e. The number of hydrogen-bond acceptors (Lipinski definition) is 5. The molecule has 166 valence electrons. The van der Waals surface area contributed by atoms with Crippen molar-refractivity contribution < 1.29 is 14.0 Å². The molecule has 5 heterocycles. The van der Waals surface area contributed by atoms with Crippen molar-refractivity contribution >= 4 is 17.5 Å². The van der Waals surface area contributed by atoms with Crippen LogP contribution < -0.4 is 10.2 Å². The van der Waals surface area contributed by atoms with Crippen molar-refractivity contribution in [2.75, 3.05) is 24.5 Å². The van der Waals surface area contributed by atoms with E-state index in [2.05, 4.69) is 25.8 Å². The van der Waals surface area contributed by atoms with Gasteiger partial charge in [0, 0.05) is 25.0 Å². The highest BCUT2D eigenvalue weighted by Gasteiger charge is 2.51. The maximum atomic E-state index is 13.2. The molecule has 0 aliphatic carbocycles. The molecule has 0 bridgehead atoms. The predicted octanol–water partition coefficient (Wildman–Crippen LogP) is 2.86. The number of nitrogens with zero attached hydrogens (tertiary/aromatic N) is 4. The maximum Gasteiger partial charge on any atom is 0.289 e. The molecule has 0 unspecified atom stereocenters. The fraction of sp³-hybridized carbons (Fsp3) is 0.375. The summed E-state index contributed by atoms with van der Waals surface area (Å²) in [5, 5.41) is 3.00. The number of pyridine rings is 1. The van der Waals surface area contributed by atoms with Gasteiger partial charge in [-0.05, 0) is 63.6 Å². The van der Waals surface area contributed by atoms with Gasteiger partial charge in [-0.3, -0.25) is 9.59 Å². The third-order valence-corrected chi connectivity index (χ3v) is 6.26. The third-order valence-electron chi connectivity index (χ3n) is 6.26. The first kappa shape index (κ1) is 20.4. The summed E-state index contributed by atoms with van der Waals surface area (Å²) in [6.45, 7) is 6.94. The second-order valence-electron chi connectivity index (χ2n) is 8.84. The molecule has 2 aliphatic heterocycles. The van der Waals surface area contributed by atoms with Crippen LogP contribution in [-0.2, 0) is 10.3 Å². The maximum absolute atomic E-state index is 13.2. The summed E-state index contributed by atoms with van der Waals surface area (Å²) in [6.07, 6.45) is 4.46. The monoisotopic (exact) mass is 433 g/mol. The number of nitrogens with one attached hydrogen (secondary N) is 1. The van der Waals surface area contributed by atoms with Gasteiger partial charge in [-0.1, -0.05) is 0 Å². The topological polar surface area (TPSA) is 83.6 Å². The van der Waals surface area contributed by atoms with Gasteiger partial charge in [0.15, 0.2) is 11.6 Å². The second-order valence-corrected chi connectivity index (χ2v) is 8.84. The Balaban J connectivity index is 1.56. The Labute approximate surface area is 186 Å². The highest BCUT2D eigenvalue weighted by molar-refractivity contribution is 5.92. The van der Waals surface area contributed by atoms with E-state index in [-0.39, 0.29) is 24.4 Å². The fourth-order valence-corrected chi connectivity index (χ4v) is 4.95. The van der Waals surface area contributed by atoms with Crippen molar-refractivity contribution in [1.29, 1.82) is 0 Å². The van der Waals surface area contributed by atoms with Crippen LogP contribution in [0.3, 0.4) is 0 Å². The lowest BCUT2D eigenvalue weighted by atomic mass is 9.88. The van der Waals surface area contributed by atoms with Gasteiger partial charge in [-0.25, -0.2) is 4.98 Å². The summed E-state index contributed by atoms with van der Waals surface area (Å²) < 4.78 is 7.68. The smallest absolute Gasteiger partial charge is 0.289 e. The third kappa shape index (κ3) is 3.18. The minimum absolute atomic E-state index is 0.0457. The van der Waals surface area contributed by atoms with E-state index in [0.717, 1.165) is 17.2 Å². The van der Waals surface area contributed by atoms with Crippen molar-refractivity contribution in [2.24, 2.45) is 0 Å². The molecule has 2 aliphatic rings. The predicted molar refractivity (Wildman–Crippen MR) is 120 cm³/mol. The summed E-state index contributed by atoms with van der Waals surface area (Å²) in [4.78, 5) is 34.6. The number of furan rings is 1. The van der Waals surface area contributed by atoms with E-state index in [1.165, 1.54) is 0 Å². The van der Waals surface area contributed by atoms with Crippen LogP contribution in [0.4, 0.5) is 5.69 Å². The van der Waals surface area contributed by atoms with Crippen molar-refractivity contribution in [3.63, 3.8) is 0 Å². The highest BCUT2D eigenvalue weighted by Crippen LogP contribution is 2.47. The van der Waals surface area contributed by atoms with Gasteiger partial charge in [-0.15, -0.1) is 0 Å². The largest absolute Gasteiger partial charge is 0.456 e. The summed E-state index contributed by atoms with van der Waals surface area (Å²) in [6, 6.07) is 11.5.